The van der Waals surface area contributed by atoms with Crippen molar-refractivity contribution < 1.29 is 4.79 Å². The third-order valence-electron chi connectivity index (χ3n) is 2.80. The van der Waals surface area contributed by atoms with E-state index in [0.29, 0.717) is 11.8 Å². The van der Waals surface area contributed by atoms with Crippen LogP contribution in [0.15, 0.2) is 10.7 Å². The topological polar surface area (TPSA) is 84.1 Å². The molecule has 2 rings (SSSR count). The minimum absolute atomic E-state index is 0.272. The van der Waals surface area contributed by atoms with Gasteiger partial charge in [0.25, 0.3) is 0 Å². The second kappa shape index (κ2) is 4.87. The van der Waals surface area contributed by atoms with Crippen LogP contribution in [0.2, 0.25) is 0 Å². The summed E-state index contributed by atoms with van der Waals surface area (Å²) in [6.45, 7) is 0.784. The zero-order valence-electron chi connectivity index (χ0n) is 9.48. The van der Waals surface area contributed by atoms with Crippen LogP contribution in [0.3, 0.4) is 0 Å². The number of carbonyl (C=O) groups excluding carboxylic acids is 1. The van der Waals surface area contributed by atoms with E-state index < -0.39 is 0 Å². The standard InChI is InChI=1S/C10H14BrN5O/c1-13-10-14-5-6(11)9(15-10)16-4-2-3-7(16)8(12)17/h5,7H,2-4H2,1H3,(H2,12,17)(H,13,14,15). The Morgan fingerprint density at radius 3 is 3.12 bits per heavy atom. The number of aromatic nitrogens is 2. The summed E-state index contributed by atoms with van der Waals surface area (Å²) >= 11 is 3.40. The molecule has 1 unspecified atom stereocenters. The number of amides is 1. The summed E-state index contributed by atoms with van der Waals surface area (Å²) in [6, 6.07) is -0.272. The molecule has 0 radical (unpaired) electrons. The lowest BCUT2D eigenvalue weighted by Crippen LogP contribution is -2.41. The highest BCUT2D eigenvalue weighted by Crippen LogP contribution is 2.30. The first-order valence-electron chi connectivity index (χ1n) is 5.39. The smallest absolute Gasteiger partial charge is 0.240 e. The Kier molecular flexibility index (Phi) is 3.46. The lowest BCUT2D eigenvalue weighted by molar-refractivity contribution is -0.119. The minimum atomic E-state index is -0.306. The maximum Gasteiger partial charge on any atom is 0.240 e. The van der Waals surface area contributed by atoms with Crippen LogP contribution in [-0.4, -0.2) is 35.5 Å². The summed E-state index contributed by atoms with van der Waals surface area (Å²) in [4.78, 5) is 21.7. The fourth-order valence-corrected chi connectivity index (χ4v) is 2.41. The average molecular weight is 300 g/mol. The van der Waals surface area contributed by atoms with Crippen LogP contribution in [0.25, 0.3) is 0 Å². The van der Waals surface area contributed by atoms with Gasteiger partial charge in [0.1, 0.15) is 11.9 Å². The molecule has 1 aliphatic heterocycles. The Morgan fingerprint density at radius 2 is 2.47 bits per heavy atom. The van der Waals surface area contributed by atoms with E-state index >= 15 is 0 Å². The Hall–Kier alpha value is -1.37. The number of carbonyl (C=O) groups is 1. The number of hydrogen-bond acceptors (Lipinski definition) is 5. The predicted molar refractivity (Wildman–Crippen MR) is 68.8 cm³/mol. The second-order valence-electron chi connectivity index (χ2n) is 3.87. The summed E-state index contributed by atoms with van der Waals surface area (Å²) in [6.07, 6.45) is 3.39. The largest absolute Gasteiger partial charge is 0.368 e. The van der Waals surface area contributed by atoms with Gasteiger partial charge in [-0.3, -0.25) is 4.79 Å². The van der Waals surface area contributed by atoms with Crippen molar-refractivity contribution in [3.8, 4) is 0 Å². The normalized spacial score (nSPS) is 19.4. The highest BCUT2D eigenvalue weighted by Gasteiger charge is 2.31. The van der Waals surface area contributed by atoms with Gasteiger partial charge in [0.2, 0.25) is 11.9 Å². The van der Waals surface area contributed by atoms with Crippen LogP contribution in [-0.2, 0) is 4.79 Å². The summed E-state index contributed by atoms with van der Waals surface area (Å²) < 4.78 is 0.768. The number of nitrogens with two attached hydrogens (primary N) is 1. The van der Waals surface area contributed by atoms with Gasteiger partial charge in [-0.15, -0.1) is 0 Å². The van der Waals surface area contributed by atoms with E-state index in [2.05, 4.69) is 31.2 Å². The summed E-state index contributed by atoms with van der Waals surface area (Å²) in [5.74, 6) is 0.933. The lowest BCUT2D eigenvalue weighted by Gasteiger charge is -2.24. The third-order valence-corrected chi connectivity index (χ3v) is 3.36. The minimum Gasteiger partial charge on any atom is -0.368 e. The molecule has 1 amide bonds. The first-order valence-corrected chi connectivity index (χ1v) is 6.19. The van der Waals surface area contributed by atoms with Gasteiger partial charge in [-0.2, -0.15) is 4.98 Å². The van der Waals surface area contributed by atoms with Crippen LogP contribution < -0.4 is 16.0 Å². The van der Waals surface area contributed by atoms with Gasteiger partial charge in [0, 0.05) is 19.8 Å². The first-order chi connectivity index (χ1) is 8.13. The highest BCUT2D eigenvalue weighted by molar-refractivity contribution is 9.10. The van der Waals surface area contributed by atoms with Crippen molar-refractivity contribution in [1.29, 1.82) is 0 Å². The lowest BCUT2D eigenvalue weighted by atomic mass is 10.2. The van der Waals surface area contributed by atoms with Gasteiger partial charge in [0.05, 0.1) is 4.47 Å². The number of nitrogens with zero attached hydrogens (tertiary/aromatic N) is 3. The molecule has 0 aromatic carbocycles. The molecule has 1 aromatic rings. The van der Waals surface area contributed by atoms with Crippen LogP contribution in [0, 0.1) is 0 Å². The molecular weight excluding hydrogens is 286 g/mol. The van der Waals surface area contributed by atoms with Gasteiger partial charge in [-0.05, 0) is 28.8 Å². The summed E-state index contributed by atoms with van der Waals surface area (Å²) in [7, 11) is 1.75. The molecule has 2 heterocycles. The molecule has 0 saturated carbocycles. The molecule has 1 aliphatic rings. The summed E-state index contributed by atoms with van der Waals surface area (Å²) in [5.41, 5.74) is 5.39. The van der Waals surface area contributed by atoms with Crippen LogP contribution in [0.1, 0.15) is 12.8 Å². The number of anilines is 2. The molecule has 3 N–H and O–H groups in total. The van der Waals surface area contributed by atoms with E-state index in [9.17, 15) is 4.79 Å². The molecule has 0 aliphatic carbocycles. The number of rotatable bonds is 3. The van der Waals surface area contributed by atoms with E-state index in [-0.39, 0.29) is 11.9 Å². The maximum atomic E-state index is 11.4. The Morgan fingerprint density at radius 1 is 1.71 bits per heavy atom. The first kappa shape index (κ1) is 12.1. The monoisotopic (exact) mass is 299 g/mol. The van der Waals surface area contributed by atoms with Gasteiger partial charge < -0.3 is 16.0 Å². The van der Waals surface area contributed by atoms with Gasteiger partial charge in [-0.25, -0.2) is 4.98 Å². The van der Waals surface area contributed by atoms with Crippen molar-refractivity contribution in [3.05, 3.63) is 10.7 Å². The Bertz CT molecular complexity index is 439. The number of nitrogens with one attached hydrogen (secondary N) is 1. The highest BCUT2D eigenvalue weighted by atomic mass is 79.9. The van der Waals surface area contributed by atoms with Crippen molar-refractivity contribution in [3.63, 3.8) is 0 Å². The molecule has 92 valence electrons. The van der Waals surface area contributed by atoms with Crippen LogP contribution in [0.4, 0.5) is 11.8 Å². The second-order valence-corrected chi connectivity index (χ2v) is 4.72. The summed E-state index contributed by atoms with van der Waals surface area (Å²) in [5, 5.41) is 2.88. The molecule has 6 nitrogen and oxygen atoms in total. The SMILES string of the molecule is CNc1ncc(Br)c(N2CCCC2C(N)=O)n1. The molecule has 0 spiro atoms. The third kappa shape index (κ3) is 2.33. The fraction of sp³-hybridized carbons (Fsp3) is 0.500. The molecule has 1 saturated heterocycles. The molecule has 0 bridgehead atoms. The molecule has 1 aromatic heterocycles. The Balaban J connectivity index is 2.35. The van der Waals surface area contributed by atoms with E-state index in [0.717, 1.165) is 23.9 Å². The van der Waals surface area contributed by atoms with E-state index in [1.807, 2.05) is 4.90 Å². The van der Waals surface area contributed by atoms with Gasteiger partial charge >= 0.3 is 0 Å². The zero-order valence-corrected chi connectivity index (χ0v) is 11.1. The van der Waals surface area contributed by atoms with Gasteiger partial charge in [-0.1, -0.05) is 0 Å². The molecular formula is C10H14BrN5O. The van der Waals surface area contributed by atoms with Crippen molar-refractivity contribution in [2.24, 2.45) is 5.73 Å². The van der Waals surface area contributed by atoms with E-state index in [1.165, 1.54) is 0 Å². The quantitative estimate of drug-likeness (QED) is 0.860. The number of primary amides is 1. The molecule has 17 heavy (non-hydrogen) atoms. The Labute approximate surface area is 108 Å². The number of halogens is 1. The van der Waals surface area contributed by atoms with Crippen molar-refractivity contribution >= 4 is 33.6 Å². The molecule has 1 atom stereocenters. The van der Waals surface area contributed by atoms with Crippen molar-refractivity contribution in [1.82, 2.24) is 9.97 Å². The fourth-order valence-electron chi connectivity index (χ4n) is 2.00. The zero-order chi connectivity index (χ0) is 12.4. The molecule has 1 fully saturated rings. The van der Waals surface area contributed by atoms with E-state index in [1.54, 1.807) is 13.2 Å². The number of hydrogen-bond donors (Lipinski definition) is 2. The average Bonchev–Trinajstić information content (AvgIpc) is 2.78. The van der Waals surface area contributed by atoms with Crippen molar-refractivity contribution in [2.75, 3.05) is 23.8 Å². The van der Waals surface area contributed by atoms with E-state index in [4.69, 9.17) is 5.73 Å². The maximum absolute atomic E-state index is 11.4. The molecule has 7 heteroatoms. The van der Waals surface area contributed by atoms with Gasteiger partial charge in [0.15, 0.2) is 0 Å². The van der Waals surface area contributed by atoms with Crippen molar-refractivity contribution in [2.45, 2.75) is 18.9 Å². The van der Waals surface area contributed by atoms with Crippen LogP contribution in [0.5, 0.6) is 0 Å². The van der Waals surface area contributed by atoms with Crippen LogP contribution >= 0.6 is 15.9 Å². The predicted octanol–water partition coefficient (Wildman–Crippen LogP) is 0.735.